The van der Waals surface area contributed by atoms with Crippen molar-refractivity contribution in [3.8, 4) is 5.75 Å². The second-order valence-corrected chi connectivity index (χ2v) is 6.71. The molecule has 0 atom stereocenters. The van der Waals surface area contributed by atoms with E-state index in [1.807, 2.05) is 31.2 Å². The fourth-order valence-corrected chi connectivity index (χ4v) is 2.70. The number of halogens is 1. The van der Waals surface area contributed by atoms with Crippen LogP contribution in [-0.4, -0.2) is 10.6 Å². The fourth-order valence-electron chi connectivity index (χ4n) is 2.43. The lowest BCUT2D eigenvalue weighted by molar-refractivity contribution is 0.0976. The summed E-state index contributed by atoms with van der Waals surface area (Å²) in [6.07, 6.45) is 0. The Morgan fingerprint density at radius 3 is 2.58 bits per heavy atom. The van der Waals surface area contributed by atoms with Crippen LogP contribution >= 0.6 is 15.9 Å². The Bertz CT molecular complexity index is 990. The molecule has 0 aliphatic heterocycles. The molecular formula is C19H17BrN2O4. The van der Waals surface area contributed by atoms with Crippen molar-refractivity contribution in [2.75, 3.05) is 5.43 Å². The van der Waals surface area contributed by atoms with Crippen LogP contribution in [0.3, 0.4) is 0 Å². The molecule has 0 spiro atoms. The first-order valence-electron chi connectivity index (χ1n) is 7.91. The maximum atomic E-state index is 12.3. The van der Waals surface area contributed by atoms with Crippen LogP contribution in [0.15, 0.2) is 62.2 Å². The molecule has 0 saturated heterocycles. The molecule has 2 aromatic heterocycles. The highest BCUT2D eigenvalue weighted by atomic mass is 79.9. The van der Waals surface area contributed by atoms with Gasteiger partial charge in [-0.05, 0) is 61.9 Å². The normalized spacial score (nSPS) is 10.6. The van der Waals surface area contributed by atoms with E-state index in [2.05, 4.69) is 21.4 Å². The highest BCUT2D eigenvalue weighted by molar-refractivity contribution is 9.10. The summed E-state index contributed by atoms with van der Waals surface area (Å²) in [6, 6.07) is 13.9. The van der Waals surface area contributed by atoms with Gasteiger partial charge in [0, 0.05) is 16.2 Å². The first kappa shape index (κ1) is 18.0. The zero-order valence-electron chi connectivity index (χ0n) is 14.3. The summed E-state index contributed by atoms with van der Waals surface area (Å²) in [5.41, 5.74) is 3.71. The van der Waals surface area contributed by atoms with Crippen LogP contribution in [0.5, 0.6) is 5.75 Å². The number of nitrogens with one attached hydrogen (secondary N) is 1. The van der Waals surface area contributed by atoms with Gasteiger partial charge >= 0.3 is 5.91 Å². The largest absolute Gasteiger partial charge is 0.486 e. The predicted molar refractivity (Wildman–Crippen MR) is 101 cm³/mol. The minimum Gasteiger partial charge on any atom is -0.486 e. The van der Waals surface area contributed by atoms with E-state index in [0.717, 1.165) is 10.0 Å². The number of benzene rings is 1. The SMILES string of the molecule is Cc1cc(C)n(NC(=O)c2ccc(COc3ccc(Br)cc3)o2)c(=O)c1. The standard InChI is InChI=1S/C19H17BrN2O4/c1-12-9-13(2)22(18(23)10-12)21-19(24)17-8-7-16(26-17)11-25-15-5-3-14(20)4-6-15/h3-10H,11H2,1-2H3,(H,21,24). The Morgan fingerprint density at radius 1 is 1.15 bits per heavy atom. The molecule has 7 heteroatoms. The first-order valence-corrected chi connectivity index (χ1v) is 8.70. The van der Waals surface area contributed by atoms with Gasteiger partial charge in [0.25, 0.3) is 5.56 Å². The summed E-state index contributed by atoms with van der Waals surface area (Å²) < 4.78 is 13.3. The molecule has 1 N–H and O–H groups in total. The molecule has 134 valence electrons. The van der Waals surface area contributed by atoms with E-state index in [1.54, 1.807) is 25.1 Å². The number of furan rings is 1. The van der Waals surface area contributed by atoms with Crippen molar-refractivity contribution in [1.82, 2.24) is 4.68 Å². The minimum absolute atomic E-state index is 0.103. The lowest BCUT2D eigenvalue weighted by atomic mass is 10.2. The number of hydrogen-bond acceptors (Lipinski definition) is 4. The third kappa shape index (κ3) is 4.23. The summed E-state index contributed by atoms with van der Waals surface area (Å²) in [5.74, 6) is 0.795. The number of rotatable bonds is 5. The molecule has 0 radical (unpaired) electrons. The number of nitrogens with zero attached hydrogens (tertiary/aromatic N) is 1. The summed E-state index contributed by atoms with van der Waals surface area (Å²) in [5, 5.41) is 0. The van der Waals surface area contributed by atoms with Gasteiger partial charge in [0.2, 0.25) is 0 Å². The number of aromatic nitrogens is 1. The Morgan fingerprint density at radius 2 is 1.88 bits per heavy atom. The second-order valence-electron chi connectivity index (χ2n) is 5.80. The van der Waals surface area contributed by atoms with Gasteiger partial charge in [-0.2, -0.15) is 0 Å². The van der Waals surface area contributed by atoms with E-state index in [0.29, 0.717) is 17.2 Å². The molecule has 3 rings (SSSR count). The lowest BCUT2D eigenvalue weighted by Gasteiger charge is -2.10. The molecule has 0 aliphatic rings. The second kappa shape index (κ2) is 7.61. The van der Waals surface area contributed by atoms with E-state index in [4.69, 9.17) is 9.15 Å². The van der Waals surface area contributed by atoms with Crippen molar-refractivity contribution in [1.29, 1.82) is 0 Å². The summed E-state index contributed by atoms with van der Waals surface area (Å²) in [7, 11) is 0. The maximum absolute atomic E-state index is 12.3. The van der Waals surface area contributed by atoms with Gasteiger partial charge in [-0.25, -0.2) is 4.68 Å². The number of amides is 1. The molecule has 6 nitrogen and oxygen atoms in total. The molecule has 0 fully saturated rings. The number of hydrogen-bond donors (Lipinski definition) is 1. The van der Waals surface area contributed by atoms with Gasteiger partial charge in [0.05, 0.1) is 0 Å². The quantitative estimate of drug-likeness (QED) is 0.686. The number of pyridine rings is 1. The van der Waals surface area contributed by atoms with Crippen LogP contribution in [0.4, 0.5) is 0 Å². The van der Waals surface area contributed by atoms with E-state index in [1.165, 1.54) is 10.7 Å². The number of carbonyl (C=O) groups excluding carboxylic acids is 1. The molecule has 3 aromatic rings. The summed E-state index contributed by atoms with van der Waals surface area (Å²) in [4.78, 5) is 24.3. The molecule has 0 aliphatic carbocycles. The zero-order valence-corrected chi connectivity index (χ0v) is 15.9. The van der Waals surface area contributed by atoms with Gasteiger partial charge in [-0.15, -0.1) is 0 Å². The third-order valence-corrected chi connectivity index (χ3v) is 4.18. The topological polar surface area (TPSA) is 73.5 Å². The van der Waals surface area contributed by atoms with Crippen molar-refractivity contribution in [3.05, 3.63) is 86.1 Å². The van der Waals surface area contributed by atoms with Gasteiger partial charge in [-0.3, -0.25) is 15.0 Å². The molecule has 1 amide bonds. The average molecular weight is 417 g/mol. The fraction of sp³-hybridized carbons (Fsp3) is 0.158. The van der Waals surface area contributed by atoms with E-state index < -0.39 is 5.91 Å². The maximum Gasteiger partial charge on any atom is 0.305 e. The molecule has 2 heterocycles. The minimum atomic E-state index is -0.506. The van der Waals surface area contributed by atoms with Crippen LogP contribution in [0.1, 0.15) is 27.6 Å². The Hall–Kier alpha value is -2.80. The Labute approximate surface area is 158 Å². The van der Waals surface area contributed by atoms with E-state index in [-0.39, 0.29) is 17.9 Å². The number of carbonyl (C=O) groups is 1. The Kier molecular flexibility index (Phi) is 5.27. The van der Waals surface area contributed by atoms with Crippen molar-refractivity contribution in [2.45, 2.75) is 20.5 Å². The van der Waals surface area contributed by atoms with Crippen LogP contribution in [0.25, 0.3) is 0 Å². The van der Waals surface area contributed by atoms with Crippen LogP contribution in [-0.2, 0) is 6.61 Å². The molecule has 0 bridgehead atoms. The summed E-state index contributed by atoms with van der Waals surface area (Å²) in [6.45, 7) is 3.76. The molecule has 26 heavy (non-hydrogen) atoms. The van der Waals surface area contributed by atoms with Crippen molar-refractivity contribution < 1.29 is 13.9 Å². The van der Waals surface area contributed by atoms with Crippen molar-refractivity contribution >= 4 is 21.8 Å². The van der Waals surface area contributed by atoms with Gasteiger partial charge in [0.1, 0.15) is 18.1 Å². The van der Waals surface area contributed by atoms with Gasteiger partial charge in [-0.1, -0.05) is 15.9 Å². The molecule has 0 unspecified atom stereocenters. The molecule has 0 saturated carbocycles. The average Bonchev–Trinajstić information content (AvgIpc) is 3.06. The van der Waals surface area contributed by atoms with E-state index >= 15 is 0 Å². The predicted octanol–water partition coefficient (Wildman–Crippen LogP) is 3.78. The lowest BCUT2D eigenvalue weighted by Crippen LogP contribution is -2.34. The Balaban J connectivity index is 1.66. The highest BCUT2D eigenvalue weighted by Gasteiger charge is 2.13. The molecular weight excluding hydrogens is 400 g/mol. The van der Waals surface area contributed by atoms with Crippen LogP contribution in [0.2, 0.25) is 0 Å². The smallest absolute Gasteiger partial charge is 0.305 e. The highest BCUT2D eigenvalue weighted by Crippen LogP contribution is 2.18. The first-order chi connectivity index (χ1) is 12.4. The van der Waals surface area contributed by atoms with Gasteiger partial charge in [0.15, 0.2) is 5.76 Å². The van der Waals surface area contributed by atoms with Crippen molar-refractivity contribution in [2.24, 2.45) is 0 Å². The third-order valence-electron chi connectivity index (χ3n) is 3.65. The van der Waals surface area contributed by atoms with Crippen LogP contribution < -0.4 is 15.7 Å². The number of ether oxygens (including phenoxy) is 1. The zero-order chi connectivity index (χ0) is 18.7. The van der Waals surface area contributed by atoms with Crippen LogP contribution in [0, 0.1) is 13.8 Å². The van der Waals surface area contributed by atoms with Crippen molar-refractivity contribution in [3.63, 3.8) is 0 Å². The number of aryl methyl sites for hydroxylation is 2. The monoisotopic (exact) mass is 416 g/mol. The van der Waals surface area contributed by atoms with E-state index in [9.17, 15) is 9.59 Å². The molecule has 1 aromatic carbocycles. The summed E-state index contributed by atoms with van der Waals surface area (Å²) >= 11 is 3.36. The van der Waals surface area contributed by atoms with Gasteiger partial charge < -0.3 is 9.15 Å².